The number of methoxy groups -OCH3 is 1. The van der Waals surface area contributed by atoms with Gasteiger partial charge in [0.25, 0.3) is 19.8 Å². The molecule has 0 aromatic heterocycles. The predicted octanol–water partition coefficient (Wildman–Crippen LogP) is 4.40. The quantitative estimate of drug-likeness (QED) is 0.275. The molecule has 250 valence electrons. The summed E-state index contributed by atoms with van der Waals surface area (Å²) in [5, 5.41) is 12.5. The van der Waals surface area contributed by atoms with Crippen LogP contribution in [0.25, 0.3) is 10.8 Å². The van der Waals surface area contributed by atoms with Crippen molar-refractivity contribution in [3.8, 4) is 11.5 Å². The van der Waals surface area contributed by atoms with Crippen LogP contribution >= 0.6 is 0 Å². The van der Waals surface area contributed by atoms with Gasteiger partial charge in [-0.2, -0.15) is 0 Å². The van der Waals surface area contributed by atoms with E-state index >= 15 is 0 Å². The number of carbonyl (C=O) groups excluding carboxylic acids is 4. The Kier molecular flexibility index (Phi) is 6.77. The van der Waals surface area contributed by atoms with E-state index in [2.05, 4.69) is 33.9 Å². The summed E-state index contributed by atoms with van der Waals surface area (Å²) in [6.07, 6.45) is 2.12. The molecule has 47 heavy (non-hydrogen) atoms. The normalized spacial score (nSPS) is 31.6. The average molecular weight is 666 g/mol. The average Bonchev–Trinajstić information content (AvgIpc) is 3.55. The molecular formula is C34H39NO11Si. The molecule has 13 heteroatoms. The molecule has 2 aromatic rings. The van der Waals surface area contributed by atoms with E-state index in [4.69, 9.17) is 28.1 Å². The molecule has 4 heterocycles. The fourth-order valence-electron chi connectivity index (χ4n) is 7.37. The van der Waals surface area contributed by atoms with E-state index in [-0.39, 0.29) is 46.5 Å². The maximum absolute atomic E-state index is 14.9. The number of aromatic hydroxyl groups is 1. The monoisotopic (exact) mass is 665 g/mol. The molecular weight excluding hydrogens is 626 g/mol. The lowest BCUT2D eigenvalue weighted by Gasteiger charge is -2.47. The lowest BCUT2D eigenvalue weighted by Crippen LogP contribution is -2.73. The Bertz CT molecular complexity index is 1830. The minimum Gasteiger partial charge on any atom is -0.543 e. The van der Waals surface area contributed by atoms with Crippen LogP contribution in [-0.2, 0) is 35.0 Å². The highest BCUT2D eigenvalue weighted by Crippen LogP contribution is 2.61. The molecule has 5 atom stereocenters. The van der Waals surface area contributed by atoms with Crippen LogP contribution in [0, 0.1) is 0 Å². The number of fused-ring (bicyclic) bond motifs is 4. The first-order valence-electron chi connectivity index (χ1n) is 15.7. The number of hydrogen-bond donors (Lipinski definition) is 1. The standard InChI is InChI=1S/C34H39NO11Si/c1-17-10-9-11-23(43-17)45-32-16-42-33(41-6)14-22(36)44-34(32,33)29(39)26-19(28(32)38)12-18-13-21(46-47(7,8)31(2,3)4)25-20(24(18)27(26)37)15-35(5)30(25)40/h9-10,12-13,17,23,37H,11,14-16H2,1-8H3/t17-,23+,32-,33+,34+/m0/s1. The molecule has 0 saturated carbocycles. The van der Waals surface area contributed by atoms with Crippen LogP contribution in [0.5, 0.6) is 11.5 Å². The number of benzene rings is 2. The minimum atomic E-state index is -2.46. The molecule has 0 radical (unpaired) electrons. The van der Waals surface area contributed by atoms with E-state index in [0.29, 0.717) is 22.3 Å². The highest BCUT2D eigenvalue weighted by Gasteiger charge is 2.86. The summed E-state index contributed by atoms with van der Waals surface area (Å²) in [6.45, 7) is 11.8. The van der Waals surface area contributed by atoms with Crippen molar-refractivity contribution in [1.82, 2.24) is 4.90 Å². The maximum atomic E-state index is 14.9. The SMILES string of the molecule is CO[C@@]12CC(=O)O[C@@]13C(=O)c1c(cc4cc(O[Si](C)(C)C(C)(C)C)c5c(c4c1O)CN(C)C5=O)C(=O)[C@@]3(O[C@@H]1CC=C[C@H](C)O1)CO2. The van der Waals surface area contributed by atoms with E-state index in [9.17, 15) is 24.3 Å². The van der Waals surface area contributed by atoms with Crippen molar-refractivity contribution in [3.63, 3.8) is 0 Å². The number of Topliss-reactive ketones (excluding diaryl/α,β-unsaturated/α-hetero) is 2. The molecule has 2 fully saturated rings. The Labute approximate surface area is 273 Å². The molecule has 1 spiro atoms. The van der Waals surface area contributed by atoms with Crippen molar-refractivity contribution in [1.29, 1.82) is 0 Å². The zero-order chi connectivity index (χ0) is 34.1. The topological polar surface area (TPSA) is 147 Å². The number of esters is 1. The van der Waals surface area contributed by atoms with Gasteiger partial charge in [0.05, 0.1) is 23.8 Å². The second-order valence-corrected chi connectivity index (χ2v) is 19.3. The lowest BCUT2D eigenvalue weighted by atomic mass is 9.65. The van der Waals surface area contributed by atoms with E-state index in [1.165, 1.54) is 18.1 Å². The summed E-state index contributed by atoms with van der Waals surface area (Å²) < 4.78 is 36.7. The number of rotatable bonds is 5. The molecule has 1 amide bonds. The van der Waals surface area contributed by atoms with E-state index in [1.807, 2.05) is 12.2 Å². The van der Waals surface area contributed by atoms with Crippen molar-refractivity contribution in [2.45, 2.75) is 94.6 Å². The molecule has 2 saturated heterocycles. The van der Waals surface area contributed by atoms with Gasteiger partial charge in [-0.1, -0.05) is 32.9 Å². The highest BCUT2D eigenvalue weighted by molar-refractivity contribution is 6.74. The molecule has 1 aliphatic carbocycles. The summed E-state index contributed by atoms with van der Waals surface area (Å²) in [5.41, 5.74) is -4.35. The minimum absolute atomic E-state index is 0.136. The summed E-state index contributed by atoms with van der Waals surface area (Å²) in [7, 11) is 0.438. The van der Waals surface area contributed by atoms with Gasteiger partial charge in [0.15, 0.2) is 6.29 Å². The van der Waals surface area contributed by atoms with Gasteiger partial charge in [-0.15, -0.1) is 0 Å². The summed E-state index contributed by atoms with van der Waals surface area (Å²) in [6, 6.07) is 3.16. The smallest absolute Gasteiger partial charge is 0.312 e. The van der Waals surface area contributed by atoms with Crippen LogP contribution in [0.2, 0.25) is 18.1 Å². The van der Waals surface area contributed by atoms with Gasteiger partial charge in [0, 0.05) is 38.1 Å². The van der Waals surface area contributed by atoms with Gasteiger partial charge in [-0.3, -0.25) is 19.2 Å². The van der Waals surface area contributed by atoms with E-state index in [1.54, 1.807) is 20.0 Å². The largest absolute Gasteiger partial charge is 0.543 e. The second-order valence-electron chi connectivity index (χ2n) is 14.6. The van der Waals surface area contributed by atoms with Crippen LogP contribution in [0.1, 0.15) is 77.2 Å². The van der Waals surface area contributed by atoms with Gasteiger partial charge in [-0.05, 0) is 48.1 Å². The second kappa shape index (κ2) is 9.95. The third-order valence-electron chi connectivity index (χ3n) is 10.8. The number of phenolic OH excluding ortho intramolecular Hbond substituents is 1. The van der Waals surface area contributed by atoms with Gasteiger partial charge in [-0.25, -0.2) is 0 Å². The van der Waals surface area contributed by atoms with Gasteiger partial charge < -0.3 is 38.1 Å². The van der Waals surface area contributed by atoms with Crippen molar-refractivity contribution >= 4 is 42.5 Å². The summed E-state index contributed by atoms with van der Waals surface area (Å²) in [5.74, 6) is -4.92. The molecule has 7 rings (SSSR count). The highest BCUT2D eigenvalue weighted by atomic mass is 28.4. The number of carbonyl (C=O) groups is 4. The Hall–Kier alpha value is -3.62. The summed E-state index contributed by atoms with van der Waals surface area (Å²) in [4.78, 5) is 57.9. The van der Waals surface area contributed by atoms with Crippen LogP contribution in [0.3, 0.4) is 0 Å². The fraction of sp³-hybridized carbons (Fsp3) is 0.529. The third kappa shape index (κ3) is 4.00. The number of nitrogens with zero attached hydrogens (tertiary/aromatic N) is 1. The number of amides is 1. The zero-order valence-corrected chi connectivity index (χ0v) is 28.8. The molecule has 12 nitrogen and oxygen atoms in total. The maximum Gasteiger partial charge on any atom is 0.312 e. The zero-order valence-electron chi connectivity index (χ0n) is 27.8. The van der Waals surface area contributed by atoms with Gasteiger partial charge >= 0.3 is 5.97 Å². The van der Waals surface area contributed by atoms with Crippen molar-refractivity contribution in [3.05, 3.63) is 46.5 Å². The van der Waals surface area contributed by atoms with Gasteiger partial charge in [0.1, 0.15) is 17.9 Å². The molecule has 5 aliphatic rings. The van der Waals surface area contributed by atoms with Crippen molar-refractivity contribution in [2.75, 3.05) is 20.8 Å². The number of ether oxygens (including phenoxy) is 5. The molecule has 1 N–H and O–H groups in total. The van der Waals surface area contributed by atoms with Crippen LogP contribution in [0.15, 0.2) is 24.3 Å². The van der Waals surface area contributed by atoms with Crippen LogP contribution in [0.4, 0.5) is 0 Å². The third-order valence-corrected chi connectivity index (χ3v) is 15.1. The number of hydrogen-bond acceptors (Lipinski definition) is 11. The Morgan fingerprint density at radius 2 is 1.81 bits per heavy atom. The van der Waals surface area contributed by atoms with Crippen LogP contribution < -0.4 is 4.43 Å². The molecule has 0 bridgehead atoms. The van der Waals surface area contributed by atoms with E-state index in [0.717, 1.165) is 0 Å². The van der Waals surface area contributed by atoms with E-state index < -0.39 is 67.9 Å². The number of phenols is 1. The first-order valence-corrected chi connectivity index (χ1v) is 18.6. The molecule has 2 aromatic carbocycles. The first kappa shape index (κ1) is 31.9. The van der Waals surface area contributed by atoms with Crippen molar-refractivity contribution < 1.29 is 52.4 Å². The Balaban J connectivity index is 1.49. The van der Waals surface area contributed by atoms with Crippen LogP contribution in [-0.4, -0.2) is 91.9 Å². The Morgan fingerprint density at radius 1 is 1.09 bits per heavy atom. The summed E-state index contributed by atoms with van der Waals surface area (Å²) >= 11 is 0. The molecule has 4 aliphatic heterocycles. The first-order chi connectivity index (χ1) is 21.9. The fourth-order valence-corrected chi connectivity index (χ4v) is 8.38. The molecule has 0 unspecified atom stereocenters. The predicted molar refractivity (Wildman–Crippen MR) is 169 cm³/mol. The van der Waals surface area contributed by atoms with Gasteiger partial charge in [0.2, 0.25) is 23.0 Å². The van der Waals surface area contributed by atoms with Crippen molar-refractivity contribution in [2.24, 2.45) is 0 Å². The number of ketones is 2. The Morgan fingerprint density at radius 3 is 2.47 bits per heavy atom. The lowest BCUT2D eigenvalue weighted by molar-refractivity contribution is -0.257.